The molecule has 1 aliphatic heterocycles. The molecule has 1 amide bonds. The summed E-state index contributed by atoms with van der Waals surface area (Å²) < 4.78 is 5.28. The van der Waals surface area contributed by atoms with Gasteiger partial charge >= 0.3 is 5.97 Å². The Morgan fingerprint density at radius 2 is 1.76 bits per heavy atom. The van der Waals surface area contributed by atoms with Crippen molar-refractivity contribution in [2.24, 2.45) is 0 Å². The Labute approximate surface area is 160 Å². The van der Waals surface area contributed by atoms with Crippen molar-refractivity contribution in [1.29, 1.82) is 0 Å². The lowest BCUT2D eigenvalue weighted by molar-refractivity contribution is -0.126. The van der Waals surface area contributed by atoms with Crippen LogP contribution in [0.4, 0.5) is 5.69 Å². The van der Waals surface area contributed by atoms with E-state index in [0.29, 0.717) is 6.54 Å². The fraction of sp³-hybridized carbons (Fsp3) is 0.222. The van der Waals surface area contributed by atoms with E-state index in [2.05, 4.69) is 0 Å². The van der Waals surface area contributed by atoms with Gasteiger partial charge < -0.3 is 9.64 Å². The first-order chi connectivity index (χ1) is 11.9. The van der Waals surface area contributed by atoms with E-state index in [4.69, 9.17) is 39.5 Å². The summed E-state index contributed by atoms with van der Waals surface area (Å²) in [6.07, 6.45) is -0.209. The van der Waals surface area contributed by atoms with E-state index < -0.39 is 12.1 Å². The number of hydrogen-bond acceptors (Lipinski definition) is 3. The summed E-state index contributed by atoms with van der Waals surface area (Å²) in [4.78, 5) is 26.7. The SMILES string of the molecule is CC(OC(=O)c1c(Cl)ccc(Cl)c1Cl)C(=O)N1CCc2ccccc21. The number of nitrogens with zero attached hydrogens (tertiary/aromatic N) is 1. The molecule has 0 radical (unpaired) electrons. The third-order valence-electron chi connectivity index (χ3n) is 4.03. The van der Waals surface area contributed by atoms with Crippen LogP contribution in [0.25, 0.3) is 0 Å². The molecule has 1 atom stereocenters. The second kappa shape index (κ2) is 7.24. The monoisotopic (exact) mass is 397 g/mol. The Morgan fingerprint density at radius 3 is 2.52 bits per heavy atom. The van der Waals surface area contributed by atoms with Crippen molar-refractivity contribution in [3.63, 3.8) is 0 Å². The molecule has 7 heteroatoms. The molecule has 0 fully saturated rings. The molecule has 2 aromatic carbocycles. The molecule has 0 aliphatic carbocycles. The topological polar surface area (TPSA) is 46.6 Å². The Balaban J connectivity index is 1.77. The fourth-order valence-electron chi connectivity index (χ4n) is 2.77. The van der Waals surface area contributed by atoms with Crippen LogP contribution in [-0.4, -0.2) is 24.5 Å². The highest BCUT2D eigenvalue weighted by Gasteiger charge is 2.31. The van der Waals surface area contributed by atoms with Crippen molar-refractivity contribution in [2.75, 3.05) is 11.4 Å². The highest BCUT2D eigenvalue weighted by molar-refractivity contribution is 6.46. The molecular formula is C18H14Cl3NO3. The zero-order chi connectivity index (χ0) is 18.1. The number of ether oxygens (including phenoxy) is 1. The van der Waals surface area contributed by atoms with Crippen molar-refractivity contribution < 1.29 is 14.3 Å². The molecule has 3 rings (SSSR count). The maximum Gasteiger partial charge on any atom is 0.342 e. The summed E-state index contributed by atoms with van der Waals surface area (Å²) in [7, 11) is 0. The Morgan fingerprint density at radius 1 is 1.08 bits per heavy atom. The molecule has 4 nitrogen and oxygen atoms in total. The third-order valence-corrected chi connectivity index (χ3v) is 5.15. The second-order valence-corrected chi connectivity index (χ2v) is 6.83. The van der Waals surface area contributed by atoms with Gasteiger partial charge in [-0.05, 0) is 37.1 Å². The number of hydrogen-bond donors (Lipinski definition) is 0. The minimum atomic E-state index is -0.982. The van der Waals surface area contributed by atoms with Crippen LogP contribution >= 0.6 is 34.8 Å². The number of halogens is 3. The molecule has 0 spiro atoms. The molecule has 130 valence electrons. The van der Waals surface area contributed by atoms with E-state index in [1.165, 1.54) is 19.1 Å². The number of carbonyl (C=O) groups is 2. The maximum atomic E-state index is 12.7. The number of amides is 1. The molecule has 0 saturated carbocycles. The first kappa shape index (κ1) is 18.1. The van der Waals surface area contributed by atoms with E-state index in [-0.39, 0.29) is 26.5 Å². The number of benzene rings is 2. The third kappa shape index (κ3) is 3.47. The number of para-hydroxylation sites is 1. The molecule has 0 N–H and O–H groups in total. The summed E-state index contributed by atoms with van der Waals surface area (Å²) in [5, 5.41) is 0.307. The van der Waals surface area contributed by atoms with Gasteiger partial charge in [-0.25, -0.2) is 4.79 Å². The standard InChI is InChI=1S/C18H14Cl3NO3/c1-10(17(23)22-9-8-11-4-2-3-5-14(11)22)25-18(24)15-12(19)6-7-13(20)16(15)21/h2-7,10H,8-9H2,1H3. The van der Waals surface area contributed by atoms with Crippen LogP contribution in [-0.2, 0) is 16.0 Å². The number of rotatable bonds is 3. The van der Waals surface area contributed by atoms with Gasteiger partial charge in [-0.2, -0.15) is 0 Å². The van der Waals surface area contributed by atoms with Crippen molar-refractivity contribution in [1.82, 2.24) is 0 Å². The summed E-state index contributed by atoms with van der Waals surface area (Å²) in [6, 6.07) is 10.6. The van der Waals surface area contributed by atoms with Crippen molar-refractivity contribution in [2.45, 2.75) is 19.4 Å². The first-order valence-corrected chi connectivity index (χ1v) is 8.77. The van der Waals surface area contributed by atoms with Gasteiger partial charge in [-0.3, -0.25) is 4.79 Å². The highest BCUT2D eigenvalue weighted by atomic mass is 35.5. The Kier molecular flexibility index (Phi) is 5.23. The largest absolute Gasteiger partial charge is 0.449 e. The van der Waals surface area contributed by atoms with Gasteiger partial charge in [0.15, 0.2) is 6.10 Å². The summed E-state index contributed by atoms with van der Waals surface area (Å²) in [5.74, 6) is -1.08. The molecule has 1 unspecified atom stereocenters. The molecule has 25 heavy (non-hydrogen) atoms. The van der Waals surface area contributed by atoms with E-state index >= 15 is 0 Å². The second-order valence-electron chi connectivity index (χ2n) is 5.63. The van der Waals surface area contributed by atoms with Crippen LogP contribution in [0.3, 0.4) is 0 Å². The predicted molar refractivity (Wildman–Crippen MR) is 98.8 cm³/mol. The summed E-state index contributed by atoms with van der Waals surface area (Å²) in [6.45, 7) is 2.08. The molecule has 0 bridgehead atoms. The average Bonchev–Trinajstić information content (AvgIpc) is 3.02. The van der Waals surface area contributed by atoms with E-state index in [1.54, 1.807) is 4.90 Å². The number of anilines is 1. The smallest absolute Gasteiger partial charge is 0.342 e. The molecule has 1 aliphatic rings. The first-order valence-electron chi connectivity index (χ1n) is 7.64. The number of carbonyl (C=O) groups excluding carboxylic acids is 2. The fourth-order valence-corrected chi connectivity index (χ4v) is 3.45. The van der Waals surface area contributed by atoms with Crippen LogP contribution in [0.1, 0.15) is 22.8 Å². The molecule has 2 aromatic rings. The van der Waals surface area contributed by atoms with Gasteiger partial charge in [0.25, 0.3) is 5.91 Å². The van der Waals surface area contributed by atoms with Crippen molar-refractivity contribution in [3.8, 4) is 0 Å². The van der Waals surface area contributed by atoms with Crippen LogP contribution in [0.2, 0.25) is 15.1 Å². The minimum Gasteiger partial charge on any atom is -0.449 e. The highest BCUT2D eigenvalue weighted by Crippen LogP contribution is 2.33. The van der Waals surface area contributed by atoms with Gasteiger partial charge in [-0.15, -0.1) is 0 Å². The molecule has 0 saturated heterocycles. The van der Waals surface area contributed by atoms with Gasteiger partial charge in [0.1, 0.15) is 0 Å². The minimum absolute atomic E-state index is 0.00494. The normalized spacial score (nSPS) is 14.2. The number of fused-ring (bicyclic) bond motifs is 1. The van der Waals surface area contributed by atoms with Gasteiger partial charge in [-0.1, -0.05) is 53.0 Å². The lowest BCUT2D eigenvalue weighted by Gasteiger charge is -2.22. The van der Waals surface area contributed by atoms with E-state index in [9.17, 15) is 9.59 Å². The van der Waals surface area contributed by atoms with E-state index in [1.807, 2.05) is 24.3 Å². The lowest BCUT2D eigenvalue weighted by Crippen LogP contribution is -2.39. The number of esters is 1. The summed E-state index contributed by atoms with van der Waals surface area (Å²) in [5.41, 5.74) is 1.89. The Hall–Kier alpha value is -1.75. The van der Waals surface area contributed by atoms with Gasteiger partial charge in [0.05, 0.1) is 20.6 Å². The predicted octanol–water partition coefficient (Wildman–Crippen LogP) is 4.78. The Bertz CT molecular complexity index is 853. The van der Waals surface area contributed by atoms with Crippen LogP contribution in [0.15, 0.2) is 36.4 Å². The lowest BCUT2D eigenvalue weighted by atomic mass is 10.2. The maximum absolute atomic E-state index is 12.7. The molecule has 1 heterocycles. The van der Waals surface area contributed by atoms with Crippen LogP contribution in [0, 0.1) is 0 Å². The van der Waals surface area contributed by atoms with Crippen LogP contribution < -0.4 is 4.90 Å². The van der Waals surface area contributed by atoms with Crippen molar-refractivity contribution >= 4 is 52.4 Å². The van der Waals surface area contributed by atoms with Gasteiger partial charge in [0.2, 0.25) is 0 Å². The zero-order valence-corrected chi connectivity index (χ0v) is 15.5. The van der Waals surface area contributed by atoms with E-state index in [0.717, 1.165) is 17.7 Å². The molecule has 0 aromatic heterocycles. The molecular weight excluding hydrogens is 385 g/mol. The van der Waals surface area contributed by atoms with Crippen molar-refractivity contribution in [3.05, 3.63) is 62.6 Å². The van der Waals surface area contributed by atoms with Gasteiger partial charge in [0, 0.05) is 12.2 Å². The zero-order valence-electron chi connectivity index (χ0n) is 13.3. The quantitative estimate of drug-likeness (QED) is 0.552. The average molecular weight is 399 g/mol. The summed E-state index contributed by atoms with van der Waals surface area (Å²) >= 11 is 18.0. The van der Waals surface area contributed by atoms with Crippen LogP contribution in [0.5, 0.6) is 0 Å².